The summed E-state index contributed by atoms with van der Waals surface area (Å²) in [5.74, 6) is 0.766. The topological polar surface area (TPSA) is 83.0 Å². The summed E-state index contributed by atoms with van der Waals surface area (Å²) in [5.41, 5.74) is 2.52. The quantitative estimate of drug-likeness (QED) is 0.350. The molecule has 8 heteroatoms. The Bertz CT molecular complexity index is 942. The van der Waals surface area contributed by atoms with E-state index in [1.807, 2.05) is 12.1 Å². The standard InChI is InChI=1S/C23H32N4O3S/c1-24-23(25-12-7-17-31(28,29)22-10-3-2-4-11-22)26-18-20-8-5-6-9-21(20)19-27-13-15-30-16-14-27/h2-6,8-11H,7,12-19H2,1H3,(H2,24,25,26). The van der Waals surface area contributed by atoms with Crippen LogP contribution in [-0.2, 0) is 27.7 Å². The van der Waals surface area contributed by atoms with E-state index in [1.54, 1.807) is 31.3 Å². The van der Waals surface area contributed by atoms with E-state index in [0.29, 0.717) is 30.4 Å². The first kappa shape index (κ1) is 23.2. The zero-order valence-electron chi connectivity index (χ0n) is 18.1. The second-order valence-electron chi connectivity index (χ2n) is 7.50. The molecule has 1 heterocycles. The molecule has 0 bridgehead atoms. The van der Waals surface area contributed by atoms with E-state index in [4.69, 9.17) is 4.74 Å². The number of benzene rings is 2. The summed E-state index contributed by atoms with van der Waals surface area (Å²) in [5, 5.41) is 6.55. The predicted octanol–water partition coefficient (Wildman–Crippen LogP) is 2.05. The molecular weight excluding hydrogens is 412 g/mol. The van der Waals surface area contributed by atoms with E-state index in [0.717, 1.165) is 32.8 Å². The van der Waals surface area contributed by atoms with Crippen molar-refractivity contribution in [3.63, 3.8) is 0 Å². The van der Waals surface area contributed by atoms with E-state index in [1.165, 1.54) is 11.1 Å². The van der Waals surface area contributed by atoms with Crippen LogP contribution in [0, 0.1) is 0 Å². The molecule has 7 nitrogen and oxygen atoms in total. The van der Waals surface area contributed by atoms with Crippen LogP contribution in [0.5, 0.6) is 0 Å². The lowest BCUT2D eigenvalue weighted by Gasteiger charge is -2.27. The zero-order valence-corrected chi connectivity index (χ0v) is 18.9. The number of morpholine rings is 1. The molecule has 0 atom stereocenters. The molecule has 3 rings (SSSR count). The Hall–Kier alpha value is -2.42. The number of nitrogens with zero attached hydrogens (tertiary/aromatic N) is 2. The molecule has 2 N–H and O–H groups in total. The first-order chi connectivity index (χ1) is 15.1. The van der Waals surface area contributed by atoms with E-state index in [-0.39, 0.29) is 5.75 Å². The van der Waals surface area contributed by atoms with Gasteiger partial charge in [-0.25, -0.2) is 8.42 Å². The number of hydrogen-bond acceptors (Lipinski definition) is 5. The van der Waals surface area contributed by atoms with Gasteiger partial charge in [-0.2, -0.15) is 0 Å². The van der Waals surface area contributed by atoms with Crippen molar-refractivity contribution in [1.29, 1.82) is 0 Å². The molecule has 0 saturated carbocycles. The van der Waals surface area contributed by atoms with E-state index in [2.05, 4.69) is 38.7 Å². The van der Waals surface area contributed by atoms with Gasteiger partial charge in [0.2, 0.25) is 0 Å². The minimum Gasteiger partial charge on any atom is -0.379 e. The Morgan fingerprint density at radius 3 is 2.39 bits per heavy atom. The van der Waals surface area contributed by atoms with Gasteiger partial charge >= 0.3 is 0 Å². The van der Waals surface area contributed by atoms with Gasteiger partial charge in [0.1, 0.15) is 0 Å². The molecule has 0 unspecified atom stereocenters. The van der Waals surface area contributed by atoms with Gasteiger partial charge in [-0.05, 0) is 29.7 Å². The number of hydrogen-bond donors (Lipinski definition) is 2. The van der Waals surface area contributed by atoms with Gasteiger partial charge in [0.05, 0.1) is 23.9 Å². The summed E-state index contributed by atoms with van der Waals surface area (Å²) in [7, 11) is -1.54. The van der Waals surface area contributed by atoms with Crippen LogP contribution in [0.3, 0.4) is 0 Å². The highest BCUT2D eigenvalue weighted by atomic mass is 32.2. The van der Waals surface area contributed by atoms with Gasteiger partial charge in [0, 0.05) is 39.8 Å². The average Bonchev–Trinajstić information content (AvgIpc) is 2.81. The minimum atomic E-state index is -3.25. The molecule has 0 amide bonds. The Labute approximate surface area is 185 Å². The number of nitrogens with one attached hydrogen (secondary N) is 2. The molecule has 0 spiro atoms. The SMILES string of the molecule is CN=C(NCCCS(=O)(=O)c1ccccc1)NCc1ccccc1CN1CCOCC1. The molecule has 31 heavy (non-hydrogen) atoms. The molecule has 168 valence electrons. The van der Waals surface area contributed by atoms with Gasteiger partial charge in [0.15, 0.2) is 15.8 Å². The summed E-state index contributed by atoms with van der Waals surface area (Å²) >= 11 is 0. The zero-order chi connectivity index (χ0) is 21.9. The molecule has 1 aliphatic rings. The maximum atomic E-state index is 12.4. The maximum absolute atomic E-state index is 12.4. The predicted molar refractivity (Wildman–Crippen MR) is 124 cm³/mol. The summed E-state index contributed by atoms with van der Waals surface area (Å²) in [6.07, 6.45) is 0.506. The first-order valence-corrected chi connectivity index (χ1v) is 12.3. The Morgan fingerprint density at radius 2 is 1.68 bits per heavy atom. The molecule has 0 aliphatic carbocycles. The maximum Gasteiger partial charge on any atom is 0.191 e. The summed E-state index contributed by atoms with van der Waals surface area (Å²) in [6.45, 7) is 5.58. The lowest BCUT2D eigenvalue weighted by Crippen LogP contribution is -2.38. The van der Waals surface area contributed by atoms with Crippen LogP contribution in [0.4, 0.5) is 0 Å². The number of guanidine groups is 1. The van der Waals surface area contributed by atoms with Gasteiger partial charge in [0.25, 0.3) is 0 Å². The van der Waals surface area contributed by atoms with Gasteiger partial charge in [-0.1, -0.05) is 42.5 Å². The van der Waals surface area contributed by atoms with Crippen molar-refractivity contribution in [1.82, 2.24) is 15.5 Å². The highest BCUT2D eigenvalue weighted by Crippen LogP contribution is 2.13. The normalized spacial score (nSPS) is 15.6. The average molecular weight is 445 g/mol. The molecule has 0 radical (unpaired) electrons. The second-order valence-corrected chi connectivity index (χ2v) is 9.60. The fourth-order valence-electron chi connectivity index (χ4n) is 3.50. The molecule has 1 fully saturated rings. The lowest BCUT2D eigenvalue weighted by atomic mass is 10.1. The molecule has 2 aromatic carbocycles. The monoisotopic (exact) mass is 444 g/mol. The van der Waals surface area contributed by atoms with Crippen molar-refractivity contribution in [2.75, 3.05) is 45.6 Å². The van der Waals surface area contributed by atoms with Crippen LogP contribution in [0.2, 0.25) is 0 Å². The number of sulfone groups is 1. The van der Waals surface area contributed by atoms with Crippen molar-refractivity contribution < 1.29 is 13.2 Å². The molecule has 1 saturated heterocycles. The van der Waals surface area contributed by atoms with Gasteiger partial charge in [-0.3, -0.25) is 9.89 Å². The number of rotatable bonds is 9. The van der Waals surface area contributed by atoms with Gasteiger partial charge < -0.3 is 15.4 Å². The molecular formula is C23H32N4O3S. The fourth-order valence-corrected chi connectivity index (χ4v) is 4.83. The van der Waals surface area contributed by atoms with Crippen LogP contribution in [0.15, 0.2) is 64.5 Å². The Morgan fingerprint density at radius 1 is 1.00 bits per heavy atom. The second kappa shape index (κ2) is 11.8. The van der Waals surface area contributed by atoms with Crippen LogP contribution in [0.1, 0.15) is 17.5 Å². The first-order valence-electron chi connectivity index (χ1n) is 10.7. The summed E-state index contributed by atoms with van der Waals surface area (Å²) in [6, 6.07) is 17.0. The van der Waals surface area contributed by atoms with Crippen molar-refractivity contribution >= 4 is 15.8 Å². The van der Waals surface area contributed by atoms with Crippen LogP contribution in [-0.4, -0.2) is 64.9 Å². The van der Waals surface area contributed by atoms with Crippen LogP contribution < -0.4 is 10.6 Å². The highest BCUT2D eigenvalue weighted by Gasteiger charge is 2.14. The van der Waals surface area contributed by atoms with Crippen LogP contribution >= 0.6 is 0 Å². The van der Waals surface area contributed by atoms with Crippen molar-refractivity contribution in [2.24, 2.45) is 4.99 Å². The van der Waals surface area contributed by atoms with E-state index in [9.17, 15) is 8.42 Å². The van der Waals surface area contributed by atoms with E-state index < -0.39 is 9.84 Å². The third-order valence-corrected chi connectivity index (χ3v) is 7.09. The van der Waals surface area contributed by atoms with E-state index >= 15 is 0 Å². The van der Waals surface area contributed by atoms with Crippen molar-refractivity contribution in [3.05, 3.63) is 65.7 Å². The smallest absolute Gasteiger partial charge is 0.191 e. The van der Waals surface area contributed by atoms with Crippen LogP contribution in [0.25, 0.3) is 0 Å². The lowest BCUT2D eigenvalue weighted by molar-refractivity contribution is 0.0341. The molecule has 1 aliphatic heterocycles. The third-order valence-electron chi connectivity index (χ3n) is 5.27. The van der Waals surface area contributed by atoms with Crippen molar-refractivity contribution in [3.8, 4) is 0 Å². The molecule has 0 aromatic heterocycles. The third kappa shape index (κ3) is 7.34. The highest BCUT2D eigenvalue weighted by molar-refractivity contribution is 7.91. The van der Waals surface area contributed by atoms with Crippen molar-refractivity contribution in [2.45, 2.75) is 24.4 Å². The minimum absolute atomic E-state index is 0.101. The largest absolute Gasteiger partial charge is 0.379 e. The summed E-state index contributed by atoms with van der Waals surface area (Å²) in [4.78, 5) is 7.03. The van der Waals surface area contributed by atoms with Gasteiger partial charge in [-0.15, -0.1) is 0 Å². The Kier molecular flexibility index (Phi) is 8.87. The Balaban J connectivity index is 1.45. The summed E-state index contributed by atoms with van der Waals surface area (Å²) < 4.78 is 30.2. The number of aliphatic imine (C=N–C) groups is 1. The molecule has 2 aromatic rings. The number of ether oxygens (including phenoxy) is 1. The fraction of sp³-hybridized carbons (Fsp3) is 0.435.